The molecule has 0 unspecified atom stereocenters. The van der Waals surface area contributed by atoms with Gasteiger partial charge in [-0.3, -0.25) is 5.41 Å². The zero-order chi connectivity index (χ0) is 31.8. The molecule has 5 aromatic rings. The number of amidine groups is 4. The van der Waals surface area contributed by atoms with E-state index in [0.717, 1.165) is 0 Å². The molecule has 222 valence electrons. The average Bonchev–Trinajstić information content (AvgIpc) is 3.04. The molecule has 0 heterocycles. The molecule has 0 aliphatic heterocycles. The molecule has 5 aromatic carbocycles. The molecule has 0 saturated heterocycles. The highest BCUT2D eigenvalue weighted by Crippen LogP contribution is 2.19. The molecule has 0 atom stereocenters. The first kappa shape index (κ1) is 29.9. The van der Waals surface area contributed by atoms with Crippen LogP contribution in [-0.2, 0) is 0 Å². The summed E-state index contributed by atoms with van der Waals surface area (Å²) in [6.07, 6.45) is 1.56. The molecular weight excluding hydrogens is 570 g/mol. The number of nitrogens with zero attached hydrogens (tertiary/aromatic N) is 4. The summed E-state index contributed by atoms with van der Waals surface area (Å²) in [4.78, 5) is 18.7. The van der Waals surface area contributed by atoms with E-state index in [1.54, 1.807) is 66.9 Å². The number of hydrogen-bond acceptors (Lipinski definition) is 6. The SMILES string of the molecule is N=C(N=C(N=C(N=C(N=Cc1ccc(O)cc1)c1ccc(O)cc1)c1ccc(O)cc1)c1ccc(O)cc1)c1ccc(O)cc1. The van der Waals surface area contributed by atoms with Gasteiger partial charge in [0, 0.05) is 28.5 Å². The van der Waals surface area contributed by atoms with Gasteiger partial charge in [0.2, 0.25) is 0 Å². The monoisotopic (exact) mass is 597 g/mol. The van der Waals surface area contributed by atoms with Crippen molar-refractivity contribution in [2.45, 2.75) is 0 Å². The molecule has 10 nitrogen and oxygen atoms in total. The van der Waals surface area contributed by atoms with Crippen LogP contribution in [0, 0.1) is 5.41 Å². The first-order chi connectivity index (χ1) is 21.7. The van der Waals surface area contributed by atoms with Crippen molar-refractivity contribution in [3.8, 4) is 28.7 Å². The van der Waals surface area contributed by atoms with Crippen molar-refractivity contribution in [2.75, 3.05) is 0 Å². The van der Waals surface area contributed by atoms with E-state index < -0.39 is 0 Å². The maximum absolute atomic E-state index is 9.97. The minimum Gasteiger partial charge on any atom is -0.508 e. The van der Waals surface area contributed by atoms with Gasteiger partial charge in [0.05, 0.1) is 0 Å². The van der Waals surface area contributed by atoms with E-state index in [1.807, 2.05) is 0 Å². The predicted octanol–water partition coefficient (Wildman–Crippen LogP) is 6.00. The van der Waals surface area contributed by atoms with E-state index in [1.165, 1.54) is 60.7 Å². The Balaban J connectivity index is 1.70. The van der Waals surface area contributed by atoms with Crippen LogP contribution in [0.3, 0.4) is 0 Å². The zero-order valence-electron chi connectivity index (χ0n) is 23.6. The third-order valence-corrected chi connectivity index (χ3v) is 6.39. The van der Waals surface area contributed by atoms with Crippen LogP contribution in [0.2, 0.25) is 0 Å². The molecule has 0 fully saturated rings. The highest BCUT2D eigenvalue weighted by atomic mass is 16.3. The normalized spacial score (nSPS) is 12.4. The van der Waals surface area contributed by atoms with Crippen LogP contribution in [0.1, 0.15) is 27.8 Å². The van der Waals surface area contributed by atoms with Crippen LogP contribution in [-0.4, -0.2) is 55.1 Å². The van der Waals surface area contributed by atoms with Gasteiger partial charge in [-0.15, -0.1) is 0 Å². The lowest BCUT2D eigenvalue weighted by Crippen LogP contribution is -2.11. The van der Waals surface area contributed by atoms with E-state index in [2.05, 4.69) is 9.98 Å². The highest BCUT2D eigenvalue weighted by molar-refractivity contribution is 6.20. The largest absolute Gasteiger partial charge is 0.508 e. The molecule has 5 rings (SSSR count). The smallest absolute Gasteiger partial charge is 0.164 e. The van der Waals surface area contributed by atoms with Crippen LogP contribution in [0.4, 0.5) is 0 Å². The summed E-state index contributed by atoms with van der Waals surface area (Å²) in [5.74, 6) is 0.583. The van der Waals surface area contributed by atoms with E-state index in [9.17, 15) is 25.5 Å². The molecule has 6 N–H and O–H groups in total. The average molecular weight is 598 g/mol. The zero-order valence-corrected chi connectivity index (χ0v) is 23.6. The molecular formula is C35H27N5O5. The Kier molecular flexibility index (Phi) is 9.05. The molecule has 0 aliphatic carbocycles. The van der Waals surface area contributed by atoms with Gasteiger partial charge in [0.15, 0.2) is 23.3 Å². The van der Waals surface area contributed by atoms with Crippen molar-refractivity contribution in [1.82, 2.24) is 0 Å². The van der Waals surface area contributed by atoms with E-state index in [0.29, 0.717) is 27.8 Å². The lowest BCUT2D eigenvalue weighted by molar-refractivity contribution is 0.474. The fourth-order valence-corrected chi connectivity index (χ4v) is 3.99. The second kappa shape index (κ2) is 13.6. The summed E-state index contributed by atoms with van der Waals surface area (Å²) in [5.41, 5.74) is 2.63. The van der Waals surface area contributed by atoms with Crippen molar-refractivity contribution in [1.29, 1.82) is 5.41 Å². The Hall–Kier alpha value is -6.55. The lowest BCUT2D eigenvalue weighted by atomic mass is 10.1. The summed E-state index contributed by atoms with van der Waals surface area (Å²) in [5, 5.41) is 57.8. The molecule has 0 bridgehead atoms. The van der Waals surface area contributed by atoms with E-state index in [-0.39, 0.29) is 52.1 Å². The van der Waals surface area contributed by atoms with Gasteiger partial charge in [-0.2, -0.15) is 0 Å². The number of aliphatic imine (C=N–C) groups is 4. The third-order valence-electron chi connectivity index (χ3n) is 6.39. The Morgan fingerprint density at radius 3 is 1.13 bits per heavy atom. The maximum Gasteiger partial charge on any atom is 0.164 e. The molecule has 0 saturated carbocycles. The molecule has 0 aliphatic rings. The summed E-state index contributed by atoms with van der Waals surface area (Å²) < 4.78 is 0. The van der Waals surface area contributed by atoms with Crippen LogP contribution in [0.5, 0.6) is 28.7 Å². The maximum atomic E-state index is 9.97. The Labute approximate surface area is 258 Å². The minimum absolute atomic E-state index is 0.0330. The number of aromatic hydroxyl groups is 5. The van der Waals surface area contributed by atoms with Crippen LogP contribution >= 0.6 is 0 Å². The molecule has 0 spiro atoms. The lowest BCUT2D eigenvalue weighted by Gasteiger charge is -2.09. The van der Waals surface area contributed by atoms with Gasteiger partial charge in [-0.25, -0.2) is 20.0 Å². The van der Waals surface area contributed by atoms with E-state index >= 15 is 0 Å². The first-order valence-corrected chi connectivity index (χ1v) is 13.6. The molecule has 0 radical (unpaired) electrons. The van der Waals surface area contributed by atoms with Gasteiger partial charge in [-0.1, -0.05) is 0 Å². The van der Waals surface area contributed by atoms with Crippen molar-refractivity contribution < 1.29 is 25.5 Å². The second-order valence-corrected chi connectivity index (χ2v) is 9.69. The highest BCUT2D eigenvalue weighted by Gasteiger charge is 2.13. The van der Waals surface area contributed by atoms with Gasteiger partial charge in [-0.05, 0) is 127 Å². The van der Waals surface area contributed by atoms with Gasteiger partial charge < -0.3 is 25.5 Å². The Morgan fingerprint density at radius 1 is 0.400 bits per heavy atom. The minimum atomic E-state index is -0.139. The van der Waals surface area contributed by atoms with Crippen molar-refractivity contribution in [3.05, 3.63) is 149 Å². The van der Waals surface area contributed by atoms with Crippen LogP contribution < -0.4 is 0 Å². The second-order valence-electron chi connectivity index (χ2n) is 9.69. The van der Waals surface area contributed by atoms with Crippen molar-refractivity contribution in [2.24, 2.45) is 20.0 Å². The number of phenols is 5. The Morgan fingerprint density at radius 2 is 0.711 bits per heavy atom. The molecule has 10 heteroatoms. The molecule has 0 aromatic heterocycles. The first-order valence-electron chi connectivity index (χ1n) is 13.6. The van der Waals surface area contributed by atoms with Crippen molar-refractivity contribution >= 4 is 29.6 Å². The summed E-state index contributed by atoms with van der Waals surface area (Å²) in [7, 11) is 0. The topological polar surface area (TPSA) is 174 Å². The van der Waals surface area contributed by atoms with Crippen LogP contribution in [0.25, 0.3) is 0 Å². The summed E-state index contributed by atoms with van der Waals surface area (Å²) in [6.45, 7) is 0. The van der Waals surface area contributed by atoms with Crippen LogP contribution in [0.15, 0.2) is 141 Å². The molecule has 45 heavy (non-hydrogen) atoms. The van der Waals surface area contributed by atoms with E-state index in [4.69, 9.17) is 15.4 Å². The van der Waals surface area contributed by atoms with Crippen molar-refractivity contribution in [3.63, 3.8) is 0 Å². The number of rotatable bonds is 5. The predicted molar refractivity (Wildman–Crippen MR) is 175 cm³/mol. The fraction of sp³-hybridized carbons (Fsp3) is 0. The summed E-state index contributed by atoms with van der Waals surface area (Å²) in [6, 6.07) is 31.1. The number of hydrogen-bond donors (Lipinski definition) is 6. The van der Waals surface area contributed by atoms with Gasteiger partial charge >= 0.3 is 0 Å². The summed E-state index contributed by atoms with van der Waals surface area (Å²) >= 11 is 0. The fourth-order valence-electron chi connectivity index (χ4n) is 3.99. The third kappa shape index (κ3) is 8.05. The number of phenolic OH excluding ortho intramolecular Hbond substituents is 5. The molecule has 0 amide bonds. The standard InChI is InChI=1S/C35H27N5O5/c36-32(23-3-13-28(42)14-4-23)38-34(25-7-17-30(44)18-8-25)40-35(26-9-19-31(45)20-10-26)39-33(24-5-15-29(43)16-6-24)37-21-22-1-11-27(41)12-2-22/h1-21,36,41-45H. The number of nitrogens with one attached hydrogen (secondary N) is 1. The quantitative estimate of drug-likeness (QED) is 0.107. The number of benzene rings is 5. The Bertz CT molecular complexity index is 1910. The van der Waals surface area contributed by atoms with Gasteiger partial charge in [0.1, 0.15) is 28.7 Å². The van der Waals surface area contributed by atoms with Gasteiger partial charge in [0.25, 0.3) is 0 Å².